The van der Waals surface area contributed by atoms with Gasteiger partial charge in [-0.15, -0.1) is 0 Å². The number of amides is 1. The first-order chi connectivity index (χ1) is 18.1. The van der Waals surface area contributed by atoms with E-state index in [2.05, 4.69) is 52.9 Å². The van der Waals surface area contributed by atoms with Crippen LogP contribution in [0.3, 0.4) is 0 Å². The maximum Gasteiger partial charge on any atom is 0.302 e. The van der Waals surface area contributed by atoms with Gasteiger partial charge in [0.15, 0.2) is 5.78 Å². The number of fused-ring (bicyclic) bond motifs is 7. The fourth-order valence-corrected chi connectivity index (χ4v) is 11.4. The number of hydrogen-bond acceptors (Lipinski definition) is 4. The van der Waals surface area contributed by atoms with Crippen molar-refractivity contribution < 1.29 is 19.1 Å². The lowest BCUT2D eigenvalue weighted by molar-refractivity contribution is -0.214. The Hall–Kier alpha value is -1.65. The number of nitrogens with one attached hydrogen (secondary N) is 1. The number of rotatable bonds is 3. The van der Waals surface area contributed by atoms with Crippen LogP contribution in [0.15, 0.2) is 11.6 Å². The highest BCUT2D eigenvalue weighted by Crippen LogP contribution is 2.75. The summed E-state index contributed by atoms with van der Waals surface area (Å²) in [6, 6.07) is 0. The van der Waals surface area contributed by atoms with Gasteiger partial charge in [-0.2, -0.15) is 0 Å². The van der Waals surface area contributed by atoms with Crippen molar-refractivity contribution in [1.29, 1.82) is 0 Å². The van der Waals surface area contributed by atoms with Gasteiger partial charge in [0.05, 0.1) is 5.41 Å². The molecular formula is C34H53NO4. The highest BCUT2D eigenvalue weighted by atomic mass is 16.5. The van der Waals surface area contributed by atoms with E-state index >= 15 is 0 Å². The molecule has 5 rings (SSSR count). The molecule has 11 atom stereocenters. The Morgan fingerprint density at radius 3 is 2.31 bits per heavy atom. The molecule has 5 nitrogen and oxygen atoms in total. The monoisotopic (exact) mass is 539 g/mol. The smallest absolute Gasteiger partial charge is 0.302 e. The zero-order valence-corrected chi connectivity index (χ0v) is 26.0. The molecule has 1 amide bonds. The third-order valence-corrected chi connectivity index (χ3v) is 13.9. The molecule has 5 heteroatoms. The van der Waals surface area contributed by atoms with E-state index in [0.717, 1.165) is 25.7 Å². The van der Waals surface area contributed by atoms with E-state index in [1.807, 2.05) is 13.8 Å². The van der Waals surface area contributed by atoms with Gasteiger partial charge in [-0.1, -0.05) is 47.1 Å². The maximum absolute atomic E-state index is 14.6. The lowest BCUT2D eigenvalue weighted by Gasteiger charge is -2.70. The molecule has 0 aromatic carbocycles. The number of allylic oxidation sites excluding steroid dienone is 2. The Bertz CT molecular complexity index is 1100. The summed E-state index contributed by atoms with van der Waals surface area (Å²) in [6.07, 6.45) is 9.77. The maximum atomic E-state index is 14.6. The molecule has 0 unspecified atom stereocenters. The molecule has 218 valence electrons. The van der Waals surface area contributed by atoms with Gasteiger partial charge in [-0.05, 0) is 117 Å². The third-order valence-electron chi connectivity index (χ3n) is 13.9. The van der Waals surface area contributed by atoms with Crippen LogP contribution in [0.2, 0.25) is 0 Å². The van der Waals surface area contributed by atoms with Crippen molar-refractivity contribution in [3.63, 3.8) is 0 Å². The van der Waals surface area contributed by atoms with Gasteiger partial charge in [0.1, 0.15) is 6.10 Å². The molecule has 0 spiro atoms. The van der Waals surface area contributed by atoms with Crippen molar-refractivity contribution in [2.24, 2.45) is 56.7 Å². The van der Waals surface area contributed by atoms with Gasteiger partial charge in [0, 0.05) is 19.4 Å². The quantitative estimate of drug-likeness (QED) is 0.396. The van der Waals surface area contributed by atoms with Crippen molar-refractivity contribution in [2.45, 2.75) is 120 Å². The number of hydrogen-bond donors (Lipinski definition) is 1. The van der Waals surface area contributed by atoms with Crippen molar-refractivity contribution in [2.75, 3.05) is 6.54 Å². The van der Waals surface area contributed by atoms with Crippen molar-refractivity contribution >= 4 is 17.7 Å². The standard InChI is InChI=1S/C34H53NO4/c1-10-35-29(38)34(9)25-12-16-33(8)28(31(25,6)15-13-26(34)39-22(4)36)24(37)19-23-27-21(3)20(2)11-14-30(27,5)17-18-32(23,33)7/h19-21,25-28H,10-18H2,1-9H3,(H,35,38)/t20-,21+,25-,26-,27+,28-,30-,31+,32-,33-,34-/m1/s1. The van der Waals surface area contributed by atoms with E-state index in [9.17, 15) is 14.4 Å². The predicted molar refractivity (Wildman–Crippen MR) is 154 cm³/mol. The van der Waals surface area contributed by atoms with E-state index in [1.165, 1.54) is 31.8 Å². The minimum Gasteiger partial charge on any atom is -0.461 e. The molecule has 0 bridgehead atoms. The zero-order chi connectivity index (χ0) is 28.8. The fourth-order valence-electron chi connectivity index (χ4n) is 11.4. The molecule has 4 fully saturated rings. The molecule has 5 aliphatic rings. The summed E-state index contributed by atoms with van der Waals surface area (Å²) in [4.78, 5) is 40.5. The normalized spacial score (nSPS) is 50.9. The van der Waals surface area contributed by atoms with Gasteiger partial charge in [-0.25, -0.2) is 0 Å². The van der Waals surface area contributed by atoms with Crippen LogP contribution >= 0.6 is 0 Å². The van der Waals surface area contributed by atoms with Gasteiger partial charge >= 0.3 is 5.97 Å². The Balaban J connectivity index is 1.62. The van der Waals surface area contributed by atoms with Crippen LogP contribution in [0, 0.1) is 56.7 Å². The SMILES string of the molecule is CCNC(=O)[C@]1(C)[C@@H]2CC[C@]3(C)[C@H](C(=O)C=C4[C@@H]5[C@@H](C)[C@H](C)CC[C@]5(C)CC[C@]43C)[C@@]2(C)CC[C@H]1OC(C)=O. The second-order valence-electron chi connectivity index (χ2n) is 15.6. The number of carbonyl (C=O) groups excluding carboxylic acids is 3. The van der Waals surface area contributed by atoms with Crippen molar-refractivity contribution in [1.82, 2.24) is 5.32 Å². The number of ether oxygens (including phenoxy) is 1. The largest absolute Gasteiger partial charge is 0.461 e. The molecule has 0 aromatic rings. The van der Waals surface area contributed by atoms with Crippen LogP contribution in [0.5, 0.6) is 0 Å². The van der Waals surface area contributed by atoms with Gasteiger partial charge in [0.25, 0.3) is 0 Å². The minimum absolute atomic E-state index is 0.0239. The van der Waals surface area contributed by atoms with Crippen LogP contribution in [-0.4, -0.2) is 30.3 Å². The van der Waals surface area contributed by atoms with Gasteiger partial charge in [0.2, 0.25) is 5.91 Å². The summed E-state index contributed by atoms with van der Waals surface area (Å²) in [5, 5.41) is 3.07. The number of carbonyl (C=O) groups is 3. The summed E-state index contributed by atoms with van der Waals surface area (Å²) < 4.78 is 5.86. The van der Waals surface area contributed by atoms with Crippen LogP contribution in [0.4, 0.5) is 0 Å². The van der Waals surface area contributed by atoms with Crippen LogP contribution in [0.25, 0.3) is 0 Å². The Morgan fingerprint density at radius 1 is 0.974 bits per heavy atom. The second-order valence-corrected chi connectivity index (χ2v) is 15.6. The predicted octanol–water partition coefficient (Wildman–Crippen LogP) is 6.89. The van der Waals surface area contributed by atoms with Crippen molar-refractivity contribution in [3.05, 3.63) is 11.6 Å². The van der Waals surface area contributed by atoms with E-state index in [4.69, 9.17) is 4.74 Å². The number of esters is 1. The molecule has 0 heterocycles. The summed E-state index contributed by atoms with van der Waals surface area (Å²) in [5.74, 6) is 1.46. The second kappa shape index (κ2) is 9.18. The fraction of sp³-hybridized carbons (Fsp3) is 0.853. The van der Waals surface area contributed by atoms with E-state index < -0.39 is 11.5 Å². The first-order valence-electron chi connectivity index (χ1n) is 15.8. The highest BCUT2D eigenvalue weighted by Gasteiger charge is 2.72. The van der Waals surface area contributed by atoms with Gasteiger partial charge < -0.3 is 10.1 Å². The topological polar surface area (TPSA) is 72.5 Å². The van der Waals surface area contributed by atoms with Crippen LogP contribution in [-0.2, 0) is 19.1 Å². The summed E-state index contributed by atoms with van der Waals surface area (Å²) in [5.41, 5.74) is 0.348. The average Bonchev–Trinajstić information content (AvgIpc) is 2.85. The Morgan fingerprint density at radius 2 is 1.67 bits per heavy atom. The molecule has 39 heavy (non-hydrogen) atoms. The molecule has 1 N–H and O–H groups in total. The van der Waals surface area contributed by atoms with E-state index in [-0.39, 0.29) is 51.2 Å². The van der Waals surface area contributed by atoms with Crippen LogP contribution in [0.1, 0.15) is 114 Å². The molecule has 0 saturated heterocycles. The Labute approximate surface area is 236 Å². The zero-order valence-electron chi connectivity index (χ0n) is 26.0. The molecule has 0 radical (unpaired) electrons. The molecule has 0 aromatic heterocycles. The van der Waals surface area contributed by atoms with E-state index in [0.29, 0.717) is 30.7 Å². The van der Waals surface area contributed by atoms with Gasteiger partial charge in [-0.3, -0.25) is 14.4 Å². The number of ketones is 1. The van der Waals surface area contributed by atoms with E-state index in [1.54, 1.807) is 0 Å². The van der Waals surface area contributed by atoms with Crippen LogP contribution < -0.4 is 5.32 Å². The molecule has 0 aliphatic heterocycles. The summed E-state index contributed by atoms with van der Waals surface area (Å²) in [6.45, 7) is 20.4. The first kappa shape index (κ1) is 28.9. The van der Waals surface area contributed by atoms with Crippen molar-refractivity contribution in [3.8, 4) is 0 Å². The Kier molecular flexibility index (Phi) is 6.79. The molecular weight excluding hydrogens is 486 g/mol. The lowest BCUT2D eigenvalue weighted by Crippen LogP contribution is -2.69. The summed E-state index contributed by atoms with van der Waals surface area (Å²) in [7, 11) is 0. The molecule has 4 saturated carbocycles. The first-order valence-corrected chi connectivity index (χ1v) is 15.8. The highest BCUT2D eigenvalue weighted by molar-refractivity contribution is 5.96. The lowest BCUT2D eigenvalue weighted by atomic mass is 9.33. The molecule has 5 aliphatic carbocycles. The third kappa shape index (κ3) is 3.72. The minimum atomic E-state index is -0.861. The average molecular weight is 540 g/mol. The summed E-state index contributed by atoms with van der Waals surface area (Å²) >= 11 is 0.